The summed E-state index contributed by atoms with van der Waals surface area (Å²) in [5.74, 6) is 0. The Morgan fingerprint density at radius 2 is 0.600 bits per heavy atom. The van der Waals surface area contributed by atoms with Crippen molar-refractivity contribution in [3.63, 3.8) is 0 Å². The van der Waals surface area contributed by atoms with Gasteiger partial charge in [-0.15, -0.1) is 0 Å². The van der Waals surface area contributed by atoms with Crippen LogP contribution in [-0.2, 0) is 0 Å². The second-order valence-corrected chi connectivity index (χ2v) is 5.59. The number of anilines is 2. The Kier molecular flexibility index (Phi) is 6.01. The predicted octanol–water partition coefficient (Wildman–Crippen LogP) is 6.78. The van der Waals surface area contributed by atoms with Crippen LogP contribution in [0.3, 0.4) is 0 Å². The molecule has 0 atom stereocenters. The molecule has 1 heteroatoms. The van der Waals surface area contributed by atoms with Gasteiger partial charge in [-0.25, -0.2) is 0 Å². The Balaban J connectivity index is 0.000000146. The van der Waals surface area contributed by atoms with E-state index in [1.165, 1.54) is 11.1 Å². The Bertz CT molecular complexity index is 766. The SMILES string of the molecule is c1ccc(-c2ccccc2)cc1.c1ccc(Nc2ccccc2)cc1. The molecule has 0 aromatic heterocycles. The maximum absolute atomic E-state index is 3.30. The molecule has 0 saturated carbocycles. The first-order valence-corrected chi connectivity index (χ1v) is 8.39. The molecule has 0 bridgehead atoms. The number of benzene rings is 4. The van der Waals surface area contributed by atoms with E-state index in [1.54, 1.807) is 0 Å². The lowest BCUT2D eigenvalue weighted by molar-refractivity contribution is 1.55. The summed E-state index contributed by atoms with van der Waals surface area (Å²) < 4.78 is 0. The third-order valence-corrected chi connectivity index (χ3v) is 3.72. The van der Waals surface area contributed by atoms with Crippen molar-refractivity contribution in [2.75, 3.05) is 5.32 Å². The molecule has 0 aliphatic heterocycles. The lowest BCUT2D eigenvalue weighted by Crippen LogP contribution is -1.87. The van der Waals surface area contributed by atoms with Gasteiger partial charge in [-0.05, 0) is 35.4 Å². The van der Waals surface area contributed by atoms with Crippen molar-refractivity contribution in [2.24, 2.45) is 0 Å². The molecular weight excluding hydrogens is 302 g/mol. The quantitative estimate of drug-likeness (QED) is 0.438. The molecule has 0 radical (unpaired) electrons. The number of para-hydroxylation sites is 2. The molecule has 4 aromatic rings. The first-order chi connectivity index (χ1) is 12.4. The molecule has 1 nitrogen and oxygen atoms in total. The summed E-state index contributed by atoms with van der Waals surface area (Å²) in [6.45, 7) is 0. The molecule has 4 aromatic carbocycles. The van der Waals surface area contributed by atoms with Gasteiger partial charge in [-0.2, -0.15) is 0 Å². The highest BCUT2D eigenvalue weighted by atomic mass is 14.9. The zero-order valence-corrected chi connectivity index (χ0v) is 14.0. The number of rotatable bonds is 3. The van der Waals surface area contributed by atoms with Gasteiger partial charge in [0.05, 0.1) is 0 Å². The van der Waals surface area contributed by atoms with E-state index in [4.69, 9.17) is 0 Å². The van der Waals surface area contributed by atoms with Crippen molar-refractivity contribution in [1.29, 1.82) is 0 Å². The number of hydrogen-bond donors (Lipinski definition) is 1. The van der Waals surface area contributed by atoms with Crippen molar-refractivity contribution in [3.05, 3.63) is 121 Å². The van der Waals surface area contributed by atoms with E-state index < -0.39 is 0 Å². The first kappa shape index (κ1) is 16.5. The van der Waals surface area contributed by atoms with Gasteiger partial charge in [-0.1, -0.05) is 97.1 Å². The van der Waals surface area contributed by atoms with Crippen LogP contribution in [0.4, 0.5) is 11.4 Å². The molecule has 0 aliphatic carbocycles. The average Bonchev–Trinajstić information content (AvgIpc) is 2.71. The lowest BCUT2D eigenvalue weighted by Gasteiger charge is -2.04. The second kappa shape index (κ2) is 9.09. The molecule has 122 valence electrons. The predicted molar refractivity (Wildman–Crippen MR) is 108 cm³/mol. The Labute approximate surface area is 149 Å². The van der Waals surface area contributed by atoms with Crippen molar-refractivity contribution in [1.82, 2.24) is 0 Å². The molecule has 0 heterocycles. The highest BCUT2D eigenvalue weighted by Crippen LogP contribution is 2.17. The summed E-state index contributed by atoms with van der Waals surface area (Å²) in [6, 6.07) is 41.1. The first-order valence-electron chi connectivity index (χ1n) is 8.39. The molecule has 0 fully saturated rings. The van der Waals surface area contributed by atoms with E-state index in [0.29, 0.717) is 0 Å². The zero-order valence-electron chi connectivity index (χ0n) is 14.0. The fourth-order valence-electron chi connectivity index (χ4n) is 2.47. The smallest absolute Gasteiger partial charge is 0.0384 e. The monoisotopic (exact) mass is 323 g/mol. The van der Waals surface area contributed by atoms with Crippen LogP contribution in [0.15, 0.2) is 121 Å². The van der Waals surface area contributed by atoms with Crippen LogP contribution in [-0.4, -0.2) is 0 Å². The number of nitrogens with one attached hydrogen (secondary N) is 1. The minimum atomic E-state index is 1.12. The molecule has 4 rings (SSSR count). The molecule has 0 saturated heterocycles. The highest BCUT2D eigenvalue weighted by Gasteiger charge is 1.92. The van der Waals surface area contributed by atoms with E-state index in [9.17, 15) is 0 Å². The largest absolute Gasteiger partial charge is 0.356 e. The Morgan fingerprint density at radius 1 is 0.320 bits per heavy atom. The summed E-state index contributed by atoms with van der Waals surface area (Å²) in [6.07, 6.45) is 0. The maximum atomic E-state index is 3.30. The van der Waals surface area contributed by atoms with Gasteiger partial charge in [0.25, 0.3) is 0 Å². The Morgan fingerprint density at radius 3 is 0.920 bits per heavy atom. The van der Waals surface area contributed by atoms with Gasteiger partial charge in [0, 0.05) is 11.4 Å². The summed E-state index contributed by atoms with van der Waals surface area (Å²) in [4.78, 5) is 0. The average molecular weight is 323 g/mol. The van der Waals surface area contributed by atoms with Crippen LogP contribution in [0.1, 0.15) is 0 Å². The van der Waals surface area contributed by atoms with Crippen LogP contribution >= 0.6 is 0 Å². The van der Waals surface area contributed by atoms with Crippen LogP contribution in [0.25, 0.3) is 11.1 Å². The van der Waals surface area contributed by atoms with Crippen LogP contribution in [0.2, 0.25) is 0 Å². The van der Waals surface area contributed by atoms with Crippen molar-refractivity contribution in [2.45, 2.75) is 0 Å². The topological polar surface area (TPSA) is 12.0 Å². The van der Waals surface area contributed by atoms with Gasteiger partial charge < -0.3 is 5.32 Å². The molecule has 0 amide bonds. The van der Waals surface area contributed by atoms with Crippen molar-refractivity contribution >= 4 is 11.4 Å². The highest BCUT2D eigenvalue weighted by molar-refractivity contribution is 5.62. The van der Waals surface area contributed by atoms with Crippen molar-refractivity contribution in [3.8, 4) is 11.1 Å². The summed E-state index contributed by atoms with van der Waals surface area (Å²) in [5, 5.41) is 3.30. The number of hydrogen-bond acceptors (Lipinski definition) is 1. The Hall–Kier alpha value is -3.32. The van der Waals surface area contributed by atoms with Gasteiger partial charge in [0.1, 0.15) is 0 Å². The molecule has 25 heavy (non-hydrogen) atoms. The van der Waals surface area contributed by atoms with E-state index in [2.05, 4.69) is 53.8 Å². The van der Waals surface area contributed by atoms with E-state index in [-0.39, 0.29) is 0 Å². The molecule has 0 aliphatic rings. The standard InChI is InChI=1S/C12H11N.C12H10/c1-3-7-11(8-4-1)13-12-9-5-2-6-10-12;1-3-7-11(8-4-1)12-9-5-2-6-10-12/h1-10,13H;1-10H. The normalized spacial score (nSPS) is 9.60. The van der Waals surface area contributed by atoms with Crippen LogP contribution < -0.4 is 5.32 Å². The van der Waals surface area contributed by atoms with Crippen LogP contribution in [0, 0.1) is 0 Å². The second-order valence-electron chi connectivity index (χ2n) is 5.59. The van der Waals surface area contributed by atoms with Crippen LogP contribution in [0.5, 0.6) is 0 Å². The molecule has 1 N–H and O–H groups in total. The fourth-order valence-corrected chi connectivity index (χ4v) is 2.47. The minimum absolute atomic E-state index is 1.12. The van der Waals surface area contributed by atoms with E-state index in [1.807, 2.05) is 72.8 Å². The van der Waals surface area contributed by atoms with Gasteiger partial charge in [-0.3, -0.25) is 0 Å². The fraction of sp³-hybridized carbons (Fsp3) is 0. The summed E-state index contributed by atoms with van der Waals surface area (Å²) >= 11 is 0. The summed E-state index contributed by atoms with van der Waals surface area (Å²) in [7, 11) is 0. The van der Waals surface area contributed by atoms with E-state index in [0.717, 1.165) is 11.4 Å². The van der Waals surface area contributed by atoms with E-state index >= 15 is 0 Å². The third kappa shape index (κ3) is 5.36. The van der Waals surface area contributed by atoms with Gasteiger partial charge in [0.2, 0.25) is 0 Å². The molecular formula is C24H21N. The zero-order chi connectivity index (χ0) is 17.2. The minimum Gasteiger partial charge on any atom is -0.356 e. The molecule has 0 unspecified atom stereocenters. The van der Waals surface area contributed by atoms with Gasteiger partial charge >= 0.3 is 0 Å². The van der Waals surface area contributed by atoms with Crippen molar-refractivity contribution < 1.29 is 0 Å². The third-order valence-electron chi connectivity index (χ3n) is 3.72. The summed E-state index contributed by atoms with van der Waals surface area (Å²) in [5.41, 5.74) is 4.79. The molecule has 0 spiro atoms. The lowest BCUT2D eigenvalue weighted by atomic mass is 10.1. The maximum Gasteiger partial charge on any atom is 0.0384 e. The van der Waals surface area contributed by atoms with Gasteiger partial charge in [0.15, 0.2) is 0 Å².